The fraction of sp³-hybridized carbons (Fsp3) is 0.750. The quantitative estimate of drug-likeness (QED) is 0.0265. The Morgan fingerprint density at radius 1 is 0.890 bits per heavy atom. The number of hydrogen-bond donors (Lipinski definition) is 6. The fourth-order valence-corrected chi connectivity index (χ4v) is 11.8. The maximum Gasteiger partial charge on any atom is 0.509 e. The van der Waals surface area contributed by atoms with Crippen molar-refractivity contribution in [1.29, 1.82) is 0 Å². The Labute approximate surface area is 431 Å². The number of unbranched alkanes of at least 4 members (excludes halogenated alkanes) is 11. The summed E-state index contributed by atoms with van der Waals surface area (Å²) in [4.78, 5) is 56.5. The van der Waals surface area contributed by atoms with Gasteiger partial charge in [0.25, 0.3) is 0 Å². The van der Waals surface area contributed by atoms with Crippen LogP contribution in [0.3, 0.4) is 0 Å². The van der Waals surface area contributed by atoms with Crippen molar-refractivity contribution in [1.82, 2.24) is 5.32 Å². The molecule has 410 valence electrons. The number of ketones is 1. The molecule has 0 aromatic heterocycles. The summed E-state index contributed by atoms with van der Waals surface area (Å²) >= 11 is 0. The highest BCUT2D eigenvalue weighted by Gasteiger charge is 2.75. The highest BCUT2D eigenvalue weighted by Crippen LogP contribution is 2.62. The van der Waals surface area contributed by atoms with E-state index in [-0.39, 0.29) is 37.4 Å². The maximum absolute atomic E-state index is 14.8. The molecule has 17 nitrogen and oxygen atoms in total. The first-order chi connectivity index (χ1) is 34.5. The normalized spacial score (nSPS) is 32.6. The lowest BCUT2D eigenvalue weighted by Crippen LogP contribution is -2.80. The first-order valence-electron chi connectivity index (χ1n) is 26.9. The predicted molar refractivity (Wildman–Crippen MR) is 269 cm³/mol. The molecular formula is C56H85NO16. The van der Waals surface area contributed by atoms with Crippen molar-refractivity contribution in [2.75, 3.05) is 19.8 Å². The molecule has 13 atom stereocenters. The van der Waals surface area contributed by atoms with Crippen LogP contribution in [0.25, 0.3) is 0 Å². The summed E-state index contributed by atoms with van der Waals surface area (Å²) in [6.45, 7) is 12.7. The van der Waals surface area contributed by atoms with Gasteiger partial charge in [-0.25, -0.2) is 14.4 Å². The van der Waals surface area contributed by atoms with Crippen molar-refractivity contribution in [2.45, 2.75) is 230 Å². The summed E-state index contributed by atoms with van der Waals surface area (Å²) in [7, 11) is 0. The van der Waals surface area contributed by atoms with E-state index in [1.807, 2.05) is 0 Å². The largest absolute Gasteiger partial charge is 0.509 e. The van der Waals surface area contributed by atoms with E-state index in [4.69, 9.17) is 33.2 Å². The molecule has 2 bridgehead atoms. The van der Waals surface area contributed by atoms with Crippen LogP contribution in [0.15, 0.2) is 53.6 Å². The number of ether oxygens (including phenoxy) is 7. The van der Waals surface area contributed by atoms with E-state index >= 15 is 0 Å². The van der Waals surface area contributed by atoms with E-state index in [0.717, 1.165) is 44.9 Å². The molecular weight excluding hydrogens is 943 g/mol. The van der Waals surface area contributed by atoms with Gasteiger partial charge in [-0.2, -0.15) is 0 Å². The number of allylic oxidation sites excluding steroid dienone is 2. The first kappa shape index (κ1) is 58.3. The van der Waals surface area contributed by atoms with E-state index < -0.39 is 119 Å². The molecule has 2 unspecified atom stereocenters. The smallest absolute Gasteiger partial charge is 0.455 e. The number of fused-ring (bicyclic) bond motifs is 5. The summed E-state index contributed by atoms with van der Waals surface area (Å²) in [6, 6.07) is 6.72. The molecule has 17 heteroatoms. The Hall–Kier alpha value is -3.94. The molecule has 2 saturated heterocycles. The topological polar surface area (TPSA) is 246 Å². The van der Waals surface area contributed by atoms with Crippen molar-refractivity contribution in [3.8, 4) is 0 Å². The van der Waals surface area contributed by atoms with Crippen LogP contribution in [0.5, 0.6) is 0 Å². The Morgan fingerprint density at radius 2 is 1.52 bits per heavy atom. The highest BCUT2D eigenvalue weighted by molar-refractivity contribution is 5.93. The van der Waals surface area contributed by atoms with E-state index in [0.29, 0.717) is 12.0 Å². The van der Waals surface area contributed by atoms with Crippen LogP contribution in [-0.4, -0.2) is 135 Å². The van der Waals surface area contributed by atoms with Gasteiger partial charge in [0.05, 0.1) is 36.9 Å². The predicted octanol–water partition coefficient (Wildman–Crippen LogP) is 7.76. The fourth-order valence-electron chi connectivity index (χ4n) is 11.8. The van der Waals surface area contributed by atoms with Gasteiger partial charge in [-0.05, 0) is 89.9 Å². The van der Waals surface area contributed by atoms with Crippen LogP contribution in [0, 0.1) is 16.7 Å². The number of carbonyl (C=O) groups is 4. The van der Waals surface area contributed by atoms with E-state index in [9.17, 15) is 44.7 Å². The minimum atomic E-state index is -2.33. The van der Waals surface area contributed by atoms with Crippen molar-refractivity contribution in [2.24, 2.45) is 16.7 Å². The molecule has 5 aliphatic rings. The SMILES string of the molecule is CCCCCCCC/C=C\CCCCCCCC1OCC(COC(=O)O[C@@H](C(=O)O[C@H]2C[C@@]3(O)[C@@H](O)[C@@H]4[C@]5(O)CO[C@@H]5C[C@H](O)[C@@]4(C)C(=O)[C@H](O)C(=C2C)C3(C)C)[C@@H](NC(=O)OC(C)(C)C)c2ccccc2)O1. The standard InChI is InChI=1S/C56H85NO16/c1-9-10-11-12-13-14-15-16-17-18-19-20-21-22-26-29-41-67-32-37(70-41)33-68-51(64)72-45(43(36-27-24-23-25-28-36)57-50(63)73-52(3,4)5)49(62)71-38-31-56(66)48(61)46-54(8,39(58)30-40-55(46,65)34-69-40)47(60)44(59)42(35(38)2)53(56,6)7/h16-17,23-25,27-28,37-41,43-46,48,58-59,61,65-66H,9-15,18-22,26,29-34H2,1-8H3,(H,57,63)/b17-16-/t37?,38-,39-,40+,41?,43-,44+,45+,46-,48-,54+,55-,56+/m0/s1. The minimum Gasteiger partial charge on any atom is -0.455 e. The van der Waals surface area contributed by atoms with Crippen molar-refractivity contribution in [3.05, 3.63) is 59.2 Å². The lowest BCUT2D eigenvalue weighted by Gasteiger charge is -2.66. The van der Waals surface area contributed by atoms with Crippen LogP contribution >= 0.6 is 0 Å². The van der Waals surface area contributed by atoms with Gasteiger partial charge in [0.2, 0.25) is 6.10 Å². The zero-order valence-electron chi connectivity index (χ0n) is 44.5. The van der Waals surface area contributed by atoms with E-state index in [2.05, 4.69) is 24.4 Å². The number of esters is 1. The molecule has 73 heavy (non-hydrogen) atoms. The molecule has 6 rings (SSSR count). The number of carbonyl (C=O) groups excluding carboxylic acids is 4. The third-order valence-electron chi connectivity index (χ3n) is 16.2. The Morgan fingerprint density at radius 3 is 2.14 bits per heavy atom. The van der Waals surface area contributed by atoms with Gasteiger partial charge in [0.15, 0.2) is 12.1 Å². The van der Waals surface area contributed by atoms with Gasteiger partial charge in [-0.3, -0.25) is 4.79 Å². The molecule has 2 aliphatic heterocycles. The zero-order valence-corrected chi connectivity index (χ0v) is 44.5. The van der Waals surface area contributed by atoms with Crippen LogP contribution in [0.4, 0.5) is 9.59 Å². The molecule has 0 spiro atoms. The molecule has 1 amide bonds. The summed E-state index contributed by atoms with van der Waals surface area (Å²) in [5.41, 5.74) is -8.32. The summed E-state index contributed by atoms with van der Waals surface area (Å²) in [5.74, 6) is -3.67. The third-order valence-corrected chi connectivity index (χ3v) is 16.2. The third kappa shape index (κ3) is 13.2. The number of aliphatic hydroxyl groups is 5. The number of nitrogens with one attached hydrogen (secondary N) is 1. The lowest BCUT2D eigenvalue weighted by molar-refractivity contribution is -0.344. The van der Waals surface area contributed by atoms with Crippen LogP contribution in [0.2, 0.25) is 0 Å². The summed E-state index contributed by atoms with van der Waals surface area (Å²) in [6.07, 6.45) is 6.87. The number of benzene rings is 1. The summed E-state index contributed by atoms with van der Waals surface area (Å²) < 4.78 is 40.4. The number of hydrogen-bond acceptors (Lipinski definition) is 16. The van der Waals surface area contributed by atoms with Gasteiger partial charge < -0.3 is 64.0 Å². The Kier molecular flexibility index (Phi) is 19.8. The number of Topliss-reactive ketones (excluding diaryl/α,β-unsaturated/α-hetero) is 1. The second-order valence-electron chi connectivity index (χ2n) is 22.8. The molecule has 1 aromatic carbocycles. The monoisotopic (exact) mass is 1030 g/mol. The number of aliphatic hydroxyl groups excluding tert-OH is 3. The number of amides is 1. The molecule has 2 saturated carbocycles. The van der Waals surface area contributed by atoms with Gasteiger partial charge >= 0.3 is 18.2 Å². The van der Waals surface area contributed by atoms with Crippen LogP contribution in [0.1, 0.15) is 170 Å². The van der Waals surface area contributed by atoms with E-state index in [1.54, 1.807) is 51.1 Å². The van der Waals surface area contributed by atoms with Gasteiger partial charge in [0.1, 0.15) is 47.8 Å². The molecule has 0 radical (unpaired) electrons. The molecule has 3 aliphatic carbocycles. The molecule has 4 fully saturated rings. The lowest BCUT2D eigenvalue weighted by atomic mass is 9.45. The number of alkyl carbamates (subject to hydrolysis) is 1. The highest BCUT2D eigenvalue weighted by atomic mass is 16.8. The van der Waals surface area contributed by atoms with Crippen molar-refractivity contribution in [3.63, 3.8) is 0 Å². The second kappa shape index (κ2) is 24.8. The van der Waals surface area contributed by atoms with Crippen molar-refractivity contribution >= 4 is 24.0 Å². The second-order valence-corrected chi connectivity index (χ2v) is 22.8. The van der Waals surface area contributed by atoms with E-state index in [1.165, 1.54) is 66.2 Å². The average molecular weight is 1030 g/mol. The van der Waals surface area contributed by atoms with Gasteiger partial charge in [0, 0.05) is 24.2 Å². The Balaban J connectivity index is 1.13. The Bertz CT molecular complexity index is 2090. The van der Waals surface area contributed by atoms with Gasteiger partial charge in [-0.15, -0.1) is 0 Å². The number of rotatable bonds is 23. The average Bonchev–Trinajstić information content (AvgIpc) is 3.79. The van der Waals surface area contributed by atoms with Crippen LogP contribution < -0.4 is 5.32 Å². The minimum absolute atomic E-state index is 0.0633. The molecule has 1 aromatic rings. The summed E-state index contributed by atoms with van der Waals surface area (Å²) in [5, 5.41) is 63.5. The molecule has 6 N–H and O–H groups in total. The first-order valence-corrected chi connectivity index (χ1v) is 26.9. The van der Waals surface area contributed by atoms with Crippen molar-refractivity contribution < 1.29 is 77.9 Å². The van der Waals surface area contributed by atoms with Gasteiger partial charge in [-0.1, -0.05) is 115 Å². The zero-order chi connectivity index (χ0) is 53.4. The van der Waals surface area contributed by atoms with Crippen LogP contribution in [-0.2, 0) is 42.7 Å². The molecule has 2 heterocycles. The maximum atomic E-state index is 14.8.